The number of nitrogens with zero attached hydrogens (tertiary/aromatic N) is 2. The fourth-order valence-electron chi connectivity index (χ4n) is 5.74. The Labute approximate surface area is 211 Å². The van der Waals surface area contributed by atoms with Gasteiger partial charge in [-0.2, -0.15) is 0 Å². The smallest absolute Gasteiger partial charge is 0.243 e. The van der Waals surface area contributed by atoms with Gasteiger partial charge in [-0.1, -0.05) is 19.9 Å². The van der Waals surface area contributed by atoms with Crippen molar-refractivity contribution in [2.45, 2.75) is 90.8 Å². The third-order valence-corrected chi connectivity index (χ3v) is 7.56. The number of rotatable bonds is 8. The van der Waals surface area contributed by atoms with Gasteiger partial charge in [0.15, 0.2) is 5.82 Å². The highest BCUT2D eigenvalue weighted by molar-refractivity contribution is 5.92. The summed E-state index contributed by atoms with van der Waals surface area (Å²) < 4.78 is 14.1. The summed E-state index contributed by atoms with van der Waals surface area (Å²) in [7, 11) is 0. The second-order valence-electron chi connectivity index (χ2n) is 11.4. The molecule has 1 aliphatic carbocycles. The molecule has 36 heavy (non-hydrogen) atoms. The number of aromatic nitrogens is 2. The normalized spacial score (nSPS) is 21.5. The average Bonchev–Trinajstić information content (AvgIpc) is 3.23. The van der Waals surface area contributed by atoms with Crippen LogP contribution in [0.2, 0.25) is 0 Å². The lowest BCUT2D eigenvalue weighted by atomic mass is 9.63. The summed E-state index contributed by atoms with van der Waals surface area (Å²) in [6.07, 6.45) is 5.16. The van der Waals surface area contributed by atoms with Gasteiger partial charge >= 0.3 is 0 Å². The molecule has 196 valence electrons. The number of aromatic amines is 1. The first-order valence-electron chi connectivity index (χ1n) is 13.1. The Hall–Kier alpha value is -2.97. The fraction of sp³-hybridized carbons (Fsp3) is 0.630. The minimum absolute atomic E-state index is 0.0977. The SMILES string of the molecule is CC(NC(=O)C(CC(=O)N1CCCC[C@@H]1C)NC(=O)CC1CC(C)(C)C1)c1nc2c(F)cccc2[nH]1. The molecule has 3 N–H and O–H groups in total. The largest absolute Gasteiger partial charge is 0.345 e. The van der Waals surface area contributed by atoms with Gasteiger partial charge < -0.3 is 20.5 Å². The van der Waals surface area contributed by atoms with E-state index in [0.29, 0.717) is 30.2 Å². The Bertz CT molecular complexity index is 1120. The highest BCUT2D eigenvalue weighted by Gasteiger charge is 2.38. The van der Waals surface area contributed by atoms with Gasteiger partial charge in [-0.3, -0.25) is 14.4 Å². The van der Waals surface area contributed by atoms with E-state index in [0.717, 1.165) is 32.1 Å². The van der Waals surface area contributed by atoms with Gasteiger partial charge in [0.1, 0.15) is 17.4 Å². The maximum atomic E-state index is 14.1. The standard InChI is InChI=1S/C27H38FN5O3/c1-16-8-5-6-11-33(16)23(35)13-21(30-22(34)12-18-14-27(3,4)15-18)26(36)29-17(2)25-31-20-10-7-9-19(28)24(20)32-25/h7,9-10,16-18,21H,5-6,8,11-15H2,1-4H3,(H,29,36)(H,30,34)(H,31,32)/t16-,17?,21?/m0/s1. The molecule has 9 heteroatoms. The number of likely N-dealkylation sites (tertiary alicyclic amines) is 1. The minimum atomic E-state index is -0.990. The highest BCUT2D eigenvalue weighted by Crippen LogP contribution is 2.46. The lowest BCUT2D eigenvalue weighted by molar-refractivity contribution is -0.139. The van der Waals surface area contributed by atoms with Crippen molar-refractivity contribution in [2.24, 2.45) is 11.3 Å². The molecular weight excluding hydrogens is 461 g/mol. The van der Waals surface area contributed by atoms with Crippen LogP contribution >= 0.6 is 0 Å². The van der Waals surface area contributed by atoms with E-state index in [1.165, 1.54) is 6.07 Å². The van der Waals surface area contributed by atoms with E-state index < -0.39 is 23.8 Å². The maximum absolute atomic E-state index is 14.1. The summed E-state index contributed by atoms with van der Waals surface area (Å²) in [5.41, 5.74) is 0.994. The zero-order chi connectivity index (χ0) is 26.0. The van der Waals surface area contributed by atoms with E-state index in [-0.39, 0.29) is 35.2 Å². The van der Waals surface area contributed by atoms with Crippen LogP contribution in [0.3, 0.4) is 0 Å². The number of amides is 3. The monoisotopic (exact) mass is 499 g/mol. The zero-order valence-electron chi connectivity index (χ0n) is 21.7. The maximum Gasteiger partial charge on any atom is 0.243 e. The Morgan fingerprint density at radius 2 is 1.97 bits per heavy atom. The van der Waals surface area contributed by atoms with Crippen LogP contribution in [-0.4, -0.2) is 51.2 Å². The quantitative estimate of drug-likeness (QED) is 0.511. The van der Waals surface area contributed by atoms with Crippen molar-refractivity contribution in [2.75, 3.05) is 6.54 Å². The summed E-state index contributed by atoms with van der Waals surface area (Å²) >= 11 is 0. The molecule has 4 rings (SSSR count). The molecule has 1 aromatic carbocycles. The second-order valence-corrected chi connectivity index (χ2v) is 11.4. The van der Waals surface area contributed by atoms with E-state index >= 15 is 0 Å². The Balaban J connectivity index is 1.44. The number of nitrogens with one attached hydrogen (secondary N) is 3. The van der Waals surface area contributed by atoms with Gasteiger partial charge in [-0.15, -0.1) is 0 Å². The van der Waals surface area contributed by atoms with Crippen molar-refractivity contribution in [3.8, 4) is 0 Å². The fourth-order valence-corrected chi connectivity index (χ4v) is 5.74. The number of fused-ring (bicyclic) bond motifs is 1. The molecule has 1 aromatic heterocycles. The van der Waals surface area contributed by atoms with E-state index in [2.05, 4.69) is 34.4 Å². The summed E-state index contributed by atoms with van der Waals surface area (Å²) in [4.78, 5) is 48.4. The van der Waals surface area contributed by atoms with Crippen LogP contribution in [0.1, 0.15) is 84.5 Å². The van der Waals surface area contributed by atoms with Gasteiger partial charge in [-0.05, 0) is 69.4 Å². The number of para-hydroxylation sites is 1. The number of H-pyrrole nitrogens is 1. The zero-order valence-corrected chi connectivity index (χ0v) is 21.7. The topological polar surface area (TPSA) is 107 Å². The molecule has 0 spiro atoms. The Morgan fingerprint density at radius 3 is 2.64 bits per heavy atom. The Morgan fingerprint density at radius 1 is 1.22 bits per heavy atom. The van der Waals surface area contributed by atoms with Gasteiger partial charge in [-0.25, -0.2) is 9.37 Å². The molecule has 2 heterocycles. The molecule has 3 amide bonds. The Kier molecular flexibility index (Phi) is 7.66. The van der Waals surface area contributed by atoms with Crippen molar-refractivity contribution in [1.29, 1.82) is 0 Å². The van der Waals surface area contributed by atoms with E-state index in [1.807, 2.05) is 11.8 Å². The van der Waals surface area contributed by atoms with Crippen molar-refractivity contribution < 1.29 is 18.8 Å². The molecule has 0 radical (unpaired) electrons. The number of piperidine rings is 1. The van der Waals surface area contributed by atoms with Gasteiger partial charge in [0, 0.05) is 19.0 Å². The van der Waals surface area contributed by atoms with Crippen molar-refractivity contribution >= 4 is 28.8 Å². The van der Waals surface area contributed by atoms with Gasteiger partial charge in [0.25, 0.3) is 0 Å². The van der Waals surface area contributed by atoms with Crippen LogP contribution in [0.15, 0.2) is 18.2 Å². The van der Waals surface area contributed by atoms with Crippen molar-refractivity contribution in [1.82, 2.24) is 25.5 Å². The second kappa shape index (κ2) is 10.6. The number of imidazole rings is 1. The van der Waals surface area contributed by atoms with Gasteiger partial charge in [0.05, 0.1) is 18.0 Å². The molecule has 1 aliphatic heterocycles. The number of halogens is 1. The molecule has 2 aliphatic rings. The molecule has 2 aromatic rings. The van der Waals surface area contributed by atoms with E-state index in [1.54, 1.807) is 19.1 Å². The van der Waals surface area contributed by atoms with Crippen LogP contribution in [-0.2, 0) is 14.4 Å². The molecule has 8 nitrogen and oxygen atoms in total. The molecule has 0 bridgehead atoms. The average molecular weight is 500 g/mol. The van der Waals surface area contributed by atoms with Crippen LogP contribution < -0.4 is 10.6 Å². The number of hydrogen-bond donors (Lipinski definition) is 3. The predicted molar refractivity (Wildman–Crippen MR) is 135 cm³/mol. The van der Waals surface area contributed by atoms with Gasteiger partial charge in [0.2, 0.25) is 17.7 Å². The van der Waals surface area contributed by atoms with Crippen LogP contribution in [0.25, 0.3) is 11.0 Å². The number of carbonyl (C=O) groups is 3. The van der Waals surface area contributed by atoms with Crippen molar-refractivity contribution in [3.05, 3.63) is 29.8 Å². The molecule has 2 fully saturated rings. The lowest BCUT2D eigenvalue weighted by Gasteiger charge is -2.42. The molecule has 3 atom stereocenters. The van der Waals surface area contributed by atoms with Crippen LogP contribution in [0.4, 0.5) is 4.39 Å². The third-order valence-electron chi connectivity index (χ3n) is 7.56. The lowest BCUT2D eigenvalue weighted by Crippen LogP contribution is -2.52. The summed E-state index contributed by atoms with van der Waals surface area (Å²) in [6.45, 7) is 8.78. The first-order valence-corrected chi connectivity index (χ1v) is 13.1. The summed E-state index contributed by atoms with van der Waals surface area (Å²) in [5, 5.41) is 5.69. The minimum Gasteiger partial charge on any atom is -0.345 e. The van der Waals surface area contributed by atoms with E-state index in [9.17, 15) is 18.8 Å². The number of benzene rings is 1. The highest BCUT2D eigenvalue weighted by atomic mass is 19.1. The first kappa shape index (κ1) is 26.1. The van der Waals surface area contributed by atoms with Crippen LogP contribution in [0, 0.1) is 17.2 Å². The number of carbonyl (C=O) groups excluding carboxylic acids is 3. The summed E-state index contributed by atoms with van der Waals surface area (Å²) in [6, 6.07) is 3.19. The molecule has 1 saturated carbocycles. The third kappa shape index (κ3) is 6.05. The first-order chi connectivity index (χ1) is 17.0. The van der Waals surface area contributed by atoms with Crippen LogP contribution in [0.5, 0.6) is 0 Å². The molecule has 2 unspecified atom stereocenters. The number of hydrogen-bond acceptors (Lipinski definition) is 4. The van der Waals surface area contributed by atoms with E-state index in [4.69, 9.17) is 0 Å². The van der Waals surface area contributed by atoms with Crippen molar-refractivity contribution in [3.63, 3.8) is 0 Å². The predicted octanol–water partition coefficient (Wildman–Crippen LogP) is 3.98. The molecular formula is C27H38FN5O3. The summed E-state index contributed by atoms with van der Waals surface area (Å²) in [5.74, 6) is -0.547. The molecule has 1 saturated heterocycles.